The Morgan fingerprint density at radius 1 is 1.22 bits per heavy atom. The Bertz CT molecular complexity index is 368. The molecule has 1 aromatic rings. The van der Waals surface area contributed by atoms with E-state index in [9.17, 15) is 0 Å². The summed E-state index contributed by atoms with van der Waals surface area (Å²) in [6.45, 7) is 9.38. The summed E-state index contributed by atoms with van der Waals surface area (Å²) < 4.78 is 5.40. The van der Waals surface area contributed by atoms with Crippen LogP contribution in [0.1, 0.15) is 34.1 Å². The third-order valence-corrected chi connectivity index (χ3v) is 2.92. The average Bonchev–Trinajstić information content (AvgIpc) is 2.36. The molecule has 0 aromatic carbocycles. The van der Waals surface area contributed by atoms with Crippen LogP contribution in [0, 0.1) is 5.92 Å². The van der Waals surface area contributed by atoms with E-state index in [1.54, 1.807) is 13.4 Å². The zero-order valence-electron chi connectivity index (χ0n) is 11.9. The van der Waals surface area contributed by atoms with Gasteiger partial charge < -0.3 is 15.4 Å². The number of nitrogens with one attached hydrogen (secondary N) is 2. The number of nitrogens with zero attached hydrogens (tertiary/aromatic N) is 2. The summed E-state index contributed by atoms with van der Waals surface area (Å²) in [7, 11) is 1.64. The lowest BCUT2D eigenvalue weighted by Crippen LogP contribution is -2.25. The first kappa shape index (κ1) is 14.5. The van der Waals surface area contributed by atoms with Crippen molar-refractivity contribution >= 4 is 11.6 Å². The van der Waals surface area contributed by atoms with Crippen LogP contribution in [0.5, 0.6) is 5.75 Å². The molecule has 2 N–H and O–H groups in total. The van der Waals surface area contributed by atoms with Gasteiger partial charge in [-0.3, -0.25) is 0 Å². The minimum absolute atomic E-state index is 0.378. The van der Waals surface area contributed by atoms with E-state index in [-0.39, 0.29) is 0 Å². The molecule has 1 heterocycles. The molecule has 1 unspecified atom stereocenters. The van der Waals surface area contributed by atoms with Crippen LogP contribution in [0.4, 0.5) is 11.6 Å². The second-order valence-electron chi connectivity index (χ2n) is 4.54. The van der Waals surface area contributed by atoms with Gasteiger partial charge >= 0.3 is 0 Å². The lowest BCUT2D eigenvalue weighted by Gasteiger charge is -2.23. The fraction of sp³-hybridized carbons (Fsp3) is 0.692. The number of hydrogen-bond acceptors (Lipinski definition) is 5. The molecule has 0 bridgehead atoms. The van der Waals surface area contributed by atoms with E-state index in [4.69, 9.17) is 4.74 Å². The van der Waals surface area contributed by atoms with Crippen LogP contribution in [0.25, 0.3) is 0 Å². The molecule has 0 saturated carbocycles. The summed E-state index contributed by atoms with van der Waals surface area (Å²) in [5.41, 5.74) is 0. The lowest BCUT2D eigenvalue weighted by molar-refractivity contribution is 0.412. The van der Waals surface area contributed by atoms with Gasteiger partial charge in [0.1, 0.15) is 6.33 Å². The molecule has 1 aromatic heterocycles. The quantitative estimate of drug-likeness (QED) is 0.781. The third kappa shape index (κ3) is 3.48. The Labute approximate surface area is 109 Å². The fourth-order valence-corrected chi connectivity index (χ4v) is 1.88. The van der Waals surface area contributed by atoms with Crippen LogP contribution in [0.2, 0.25) is 0 Å². The standard InChI is InChI=1S/C13H24N4O/c1-6-10(9(3)4)17-13-11(18-5)12(14-7-2)15-8-16-13/h8-10H,6-7H2,1-5H3,(H2,14,15,16,17). The van der Waals surface area contributed by atoms with Crippen molar-refractivity contribution in [1.29, 1.82) is 0 Å². The Balaban J connectivity index is 2.97. The number of ether oxygens (including phenoxy) is 1. The number of rotatable bonds is 7. The van der Waals surface area contributed by atoms with Crippen LogP contribution in [0.15, 0.2) is 6.33 Å². The number of anilines is 2. The van der Waals surface area contributed by atoms with E-state index in [0.717, 1.165) is 24.6 Å². The molecule has 1 atom stereocenters. The minimum atomic E-state index is 0.378. The van der Waals surface area contributed by atoms with Gasteiger partial charge in [0.25, 0.3) is 0 Å². The molecule has 0 aliphatic carbocycles. The number of methoxy groups -OCH3 is 1. The molecule has 18 heavy (non-hydrogen) atoms. The Hall–Kier alpha value is -1.52. The average molecular weight is 252 g/mol. The van der Waals surface area contributed by atoms with Crippen LogP contribution in [-0.4, -0.2) is 29.7 Å². The molecule has 1 rings (SSSR count). The number of aromatic nitrogens is 2. The van der Waals surface area contributed by atoms with E-state index < -0.39 is 0 Å². The molecule has 5 nitrogen and oxygen atoms in total. The SMILES string of the molecule is CCNc1ncnc(NC(CC)C(C)C)c1OC. The van der Waals surface area contributed by atoms with Crippen LogP contribution < -0.4 is 15.4 Å². The first-order valence-electron chi connectivity index (χ1n) is 6.53. The maximum absolute atomic E-state index is 5.40. The highest BCUT2D eigenvalue weighted by Crippen LogP contribution is 2.30. The smallest absolute Gasteiger partial charge is 0.204 e. The molecule has 0 aliphatic rings. The molecule has 102 valence electrons. The van der Waals surface area contributed by atoms with E-state index in [2.05, 4.69) is 41.4 Å². The van der Waals surface area contributed by atoms with Gasteiger partial charge in [0.2, 0.25) is 5.75 Å². The lowest BCUT2D eigenvalue weighted by atomic mass is 10.0. The molecule has 0 aliphatic heterocycles. The fourth-order valence-electron chi connectivity index (χ4n) is 1.88. The first-order valence-corrected chi connectivity index (χ1v) is 6.53. The Kier molecular flexibility index (Phi) is 5.68. The van der Waals surface area contributed by atoms with Crippen molar-refractivity contribution in [2.75, 3.05) is 24.3 Å². The van der Waals surface area contributed by atoms with Gasteiger partial charge in [-0.15, -0.1) is 0 Å². The van der Waals surface area contributed by atoms with E-state index >= 15 is 0 Å². The third-order valence-electron chi connectivity index (χ3n) is 2.92. The summed E-state index contributed by atoms with van der Waals surface area (Å²) >= 11 is 0. The van der Waals surface area contributed by atoms with E-state index in [1.807, 2.05) is 6.92 Å². The minimum Gasteiger partial charge on any atom is -0.490 e. The molecule has 5 heteroatoms. The Morgan fingerprint density at radius 2 is 1.89 bits per heavy atom. The van der Waals surface area contributed by atoms with Gasteiger partial charge in [-0.1, -0.05) is 20.8 Å². The van der Waals surface area contributed by atoms with Crippen molar-refractivity contribution in [3.05, 3.63) is 6.33 Å². The molecule has 0 radical (unpaired) electrons. The Morgan fingerprint density at radius 3 is 2.39 bits per heavy atom. The summed E-state index contributed by atoms with van der Waals surface area (Å²) in [6.07, 6.45) is 2.59. The molecule has 0 spiro atoms. The molecule has 0 fully saturated rings. The molecular formula is C13H24N4O. The zero-order chi connectivity index (χ0) is 13.5. The molecular weight excluding hydrogens is 228 g/mol. The van der Waals surface area contributed by atoms with Crippen molar-refractivity contribution in [2.45, 2.75) is 40.2 Å². The van der Waals surface area contributed by atoms with Crippen molar-refractivity contribution in [3.63, 3.8) is 0 Å². The summed E-state index contributed by atoms with van der Waals surface area (Å²) in [6, 6.07) is 0.378. The summed E-state index contributed by atoms with van der Waals surface area (Å²) in [5, 5.41) is 6.60. The van der Waals surface area contributed by atoms with Gasteiger partial charge in [-0.25, -0.2) is 9.97 Å². The topological polar surface area (TPSA) is 59.1 Å². The van der Waals surface area contributed by atoms with Gasteiger partial charge in [-0.2, -0.15) is 0 Å². The van der Waals surface area contributed by atoms with E-state index in [1.165, 1.54) is 0 Å². The van der Waals surface area contributed by atoms with Crippen LogP contribution >= 0.6 is 0 Å². The largest absolute Gasteiger partial charge is 0.490 e. The second kappa shape index (κ2) is 7.03. The first-order chi connectivity index (χ1) is 8.63. The highest BCUT2D eigenvalue weighted by Gasteiger charge is 2.16. The zero-order valence-corrected chi connectivity index (χ0v) is 11.9. The van der Waals surface area contributed by atoms with Crippen LogP contribution in [-0.2, 0) is 0 Å². The normalized spacial score (nSPS) is 12.3. The van der Waals surface area contributed by atoms with Crippen molar-refractivity contribution in [2.24, 2.45) is 5.92 Å². The van der Waals surface area contributed by atoms with Crippen molar-refractivity contribution in [3.8, 4) is 5.75 Å². The second-order valence-corrected chi connectivity index (χ2v) is 4.54. The van der Waals surface area contributed by atoms with Gasteiger partial charge in [0.15, 0.2) is 11.6 Å². The van der Waals surface area contributed by atoms with Crippen molar-refractivity contribution < 1.29 is 4.74 Å². The van der Waals surface area contributed by atoms with Crippen LogP contribution in [0.3, 0.4) is 0 Å². The van der Waals surface area contributed by atoms with Gasteiger partial charge in [0.05, 0.1) is 7.11 Å². The predicted octanol–water partition coefficient (Wildman–Crippen LogP) is 2.76. The van der Waals surface area contributed by atoms with E-state index in [0.29, 0.717) is 17.7 Å². The maximum Gasteiger partial charge on any atom is 0.204 e. The molecule has 0 saturated heterocycles. The van der Waals surface area contributed by atoms with Gasteiger partial charge in [-0.05, 0) is 19.3 Å². The highest BCUT2D eigenvalue weighted by molar-refractivity contribution is 5.63. The summed E-state index contributed by atoms with van der Waals surface area (Å²) in [4.78, 5) is 8.47. The monoisotopic (exact) mass is 252 g/mol. The molecule has 0 amide bonds. The van der Waals surface area contributed by atoms with Crippen molar-refractivity contribution in [1.82, 2.24) is 9.97 Å². The number of hydrogen-bond donors (Lipinski definition) is 2. The summed E-state index contributed by atoms with van der Waals surface area (Å²) in [5.74, 6) is 2.70. The maximum atomic E-state index is 5.40. The highest BCUT2D eigenvalue weighted by atomic mass is 16.5. The van der Waals surface area contributed by atoms with Gasteiger partial charge in [0, 0.05) is 12.6 Å². The predicted molar refractivity (Wildman–Crippen MR) is 75.3 cm³/mol.